The molecule has 0 unspecified atom stereocenters. The van der Waals surface area contributed by atoms with Crippen LogP contribution in [0, 0.1) is 0 Å². The van der Waals surface area contributed by atoms with Gasteiger partial charge in [0.05, 0.1) is 21.8 Å². The van der Waals surface area contributed by atoms with Crippen LogP contribution >= 0.6 is 23.2 Å². The Morgan fingerprint density at radius 1 is 1.33 bits per heavy atom. The highest BCUT2D eigenvalue weighted by molar-refractivity contribution is 7.92. The fraction of sp³-hybridized carbons (Fsp3) is 0.0909. The largest absolute Gasteiger partial charge is 0.478 e. The number of benzene rings is 1. The van der Waals surface area contributed by atoms with E-state index < -0.39 is 16.0 Å². The van der Waals surface area contributed by atoms with Crippen LogP contribution in [0.1, 0.15) is 10.4 Å². The molecule has 0 bridgehead atoms. The second-order valence-electron chi connectivity index (χ2n) is 4.03. The summed E-state index contributed by atoms with van der Waals surface area (Å²) in [5.41, 5.74) is -0.165. The quantitative estimate of drug-likeness (QED) is 0.881. The van der Waals surface area contributed by atoms with Crippen LogP contribution in [0.25, 0.3) is 0 Å². The molecule has 0 spiro atoms. The van der Waals surface area contributed by atoms with E-state index in [-0.39, 0.29) is 26.3 Å². The maximum Gasteiger partial charge on any atom is 0.337 e. The van der Waals surface area contributed by atoms with Crippen molar-refractivity contribution in [3.05, 3.63) is 40.0 Å². The Hall–Kier alpha value is -1.77. The Balaban J connectivity index is 2.42. The molecule has 1 aromatic carbocycles. The summed E-state index contributed by atoms with van der Waals surface area (Å²) in [6.45, 7) is 0. The standard InChI is InChI=1S/C11H9Cl2N3O4S/c1-16-10(9(13)5-14-16)21(19,20)15-6-2-3-8(12)7(4-6)11(17)18/h2-5,15H,1H3,(H,17,18). The topological polar surface area (TPSA) is 101 Å². The second kappa shape index (κ2) is 5.55. The van der Waals surface area contributed by atoms with Crippen LogP contribution in [-0.2, 0) is 17.1 Å². The minimum absolute atomic E-state index is 0.00372. The van der Waals surface area contributed by atoms with Crippen molar-refractivity contribution in [3.8, 4) is 0 Å². The maximum absolute atomic E-state index is 12.2. The van der Waals surface area contributed by atoms with E-state index in [1.54, 1.807) is 0 Å². The van der Waals surface area contributed by atoms with Gasteiger partial charge in [0, 0.05) is 12.7 Å². The van der Waals surface area contributed by atoms with Gasteiger partial charge in [-0.05, 0) is 18.2 Å². The number of nitrogens with one attached hydrogen (secondary N) is 1. The van der Waals surface area contributed by atoms with Gasteiger partial charge >= 0.3 is 5.97 Å². The van der Waals surface area contributed by atoms with Crippen molar-refractivity contribution >= 4 is 44.9 Å². The van der Waals surface area contributed by atoms with Gasteiger partial charge < -0.3 is 5.11 Å². The molecule has 2 N–H and O–H groups in total. The van der Waals surface area contributed by atoms with Gasteiger partial charge in [-0.15, -0.1) is 0 Å². The van der Waals surface area contributed by atoms with E-state index in [4.69, 9.17) is 28.3 Å². The molecule has 2 aromatic rings. The minimum atomic E-state index is -4.00. The van der Waals surface area contributed by atoms with Crippen LogP contribution in [0.5, 0.6) is 0 Å². The Morgan fingerprint density at radius 3 is 2.52 bits per heavy atom. The van der Waals surface area contributed by atoms with E-state index in [9.17, 15) is 13.2 Å². The molecule has 0 saturated heterocycles. The van der Waals surface area contributed by atoms with Crippen molar-refractivity contribution in [2.45, 2.75) is 5.03 Å². The molecule has 0 aliphatic rings. The highest BCUT2D eigenvalue weighted by atomic mass is 35.5. The molecule has 0 fully saturated rings. The summed E-state index contributed by atoms with van der Waals surface area (Å²) in [6, 6.07) is 3.75. The molecule has 1 aromatic heterocycles. The molecule has 0 aliphatic heterocycles. The lowest BCUT2D eigenvalue weighted by molar-refractivity contribution is 0.0697. The number of hydrogen-bond acceptors (Lipinski definition) is 4. The van der Waals surface area contributed by atoms with Gasteiger partial charge in [0.2, 0.25) is 0 Å². The summed E-state index contributed by atoms with van der Waals surface area (Å²) in [7, 11) is -2.58. The molecule has 112 valence electrons. The zero-order valence-electron chi connectivity index (χ0n) is 10.5. The summed E-state index contributed by atoms with van der Waals surface area (Å²) in [4.78, 5) is 11.0. The number of nitrogens with zero attached hydrogens (tertiary/aromatic N) is 2. The zero-order chi connectivity index (χ0) is 15.8. The lowest BCUT2D eigenvalue weighted by Gasteiger charge is -2.10. The van der Waals surface area contributed by atoms with Crippen molar-refractivity contribution in [2.24, 2.45) is 7.05 Å². The number of rotatable bonds is 4. The summed E-state index contributed by atoms with van der Waals surface area (Å²) >= 11 is 11.5. The average molecular weight is 350 g/mol. The number of sulfonamides is 1. The van der Waals surface area contributed by atoms with Crippen LogP contribution < -0.4 is 4.72 Å². The third kappa shape index (κ3) is 3.12. The van der Waals surface area contributed by atoms with Crippen LogP contribution in [0.3, 0.4) is 0 Å². The van der Waals surface area contributed by atoms with Gasteiger partial charge in [-0.2, -0.15) is 13.5 Å². The van der Waals surface area contributed by atoms with Gasteiger partial charge in [0.15, 0.2) is 5.03 Å². The predicted molar refractivity (Wildman–Crippen MR) is 77.4 cm³/mol. The SMILES string of the molecule is Cn1ncc(Cl)c1S(=O)(=O)Nc1ccc(Cl)c(C(=O)O)c1. The molecular formula is C11H9Cl2N3O4S. The molecule has 7 nitrogen and oxygen atoms in total. The van der Waals surface area contributed by atoms with Crippen molar-refractivity contribution in [3.63, 3.8) is 0 Å². The van der Waals surface area contributed by atoms with Crippen molar-refractivity contribution in [1.29, 1.82) is 0 Å². The lowest BCUT2D eigenvalue weighted by Crippen LogP contribution is -2.17. The van der Waals surface area contributed by atoms with E-state index in [1.165, 1.54) is 25.4 Å². The van der Waals surface area contributed by atoms with Crippen molar-refractivity contribution < 1.29 is 18.3 Å². The van der Waals surface area contributed by atoms with E-state index in [1.807, 2.05) is 0 Å². The van der Waals surface area contributed by atoms with Crippen LogP contribution in [0.15, 0.2) is 29.4 Å². The first kappa shape index (κ1) is 15.6. The number of carboxylic acid groups (broad SMARTS) is 1. The number of carbonyl (C=O) groups is 1. The van der Waals surface area contributed by atoms with Gasteiger partial charge in [0.25, 0.3) is 10.0 Å². The number of carboxylic acids is 1. The Labute approximate surface area is 130 Å². The molecule has 21 heavy (non-hydrogen) atoms. The normalized spacial score (nSPS) is 11.4. The van der Waals surface area contributed by atoms with Crippen molar-refractivity contribution in [2.75, 3.05) is 4.72 Å². The molecule has 0 radical (unpaired) electrons. The highest BCUT2D eigenvalue weighted by Gasteiger charge is 2.23. The molecule has 0 amide bonds. The monoisotopic (exact) mass is 349 g/mol. The third-order valence-corrected chi connectivity index (χ3v) is 4.76. The van der Waals surface area contributed by atoms with E-state index in [0.29, 0.717) is 0 Å². The van der Waals surface area contributed by atoms with Gasteiger partial charge in [-0.25, -0.2) is 4.79 Å². The van der Waals surface area contributed by atoms with Crippen LogP contribution in [0.2, 0.25) is 10.0 Å². The first-order valence-electron chi connectivity index (χ1n) is 5.45. The minimum Gasteiger partial charge on any atom is -0.478 e. The number of aromatic nitrogens is 2. The molecular weight excluding hydrogens is 341 g/mol. The van der Waals surface area contributed by atoms with Gasteiger partial charge in [-0.3, -0.25) is 9.40 Å². The summed E-state index contributed by atoms with van der Waals surface area (Å²) in [6.07, 6.45) is 1.20. The molecule has 10 heteroatoms. The maximum atomic E-state index is 12.2. The average Bonchev–Trinajstić information content (AvgIpc) is 2.71. The number of aromatic carboxylic acids is 1. The smallest absolute Gasteiger partial charge is 0.337 e. The van der Waals surface area contributed by atoms with Crippen LogP contribution in [-0.4, -0.2) is 29.3 Å². The van der Waals surface area contributed by atoms with Crippen LogP contribution in [0.4, 0.5) is 5.69 Å². The molecule has 1 heterocycles. The summed E-state index contributed by atoms with van der Waals surface area (Å²) in [5.74, 6) is -1.26. The Morgan fingerprint density at radius 2 is 2.00 bits per heavy atom. The molecule has 2 rings (SSSR count). The number of halogens is 2. The predicted octanol–water partition coefficient (Wildman–Crippen LogP) is 2.23. The summed E-state index contributed by atoms with van der Waals surface area (Å²) < 4.78 is 27.8. The highest BCUT2D eigenvalue weighted by Crippen LogP contribution is 2.25. The Kier molecular flexibility index (Phi) is 4.13. The van der Waals surface area contributed by atoms with E-state index >= 15 is 0 Å². The number of hydrogen-bond donors (Lipinski definition) is 2. The number of anilines is 1. The third-order valence-electron chi connectivity index (χ3n) is 2.55. The zero-order valence-corrected chi connectivity index (χ0v) is 12.9. The fourth-order valence-electron chi connectivity index (χ4n) is 1.66. The molecule has 0 aliphatic carbocycles. The van der Waals surface area contributed by atoms with E-state index in [0.717, 1.165) is 10.7 Å². The summed E-state index contributed by atoms with van der Waals surface area (Å²) in [5, 5.41) is 12.4. The van der Waals surface area contributed by atoms with E-state index in [2.05, 4.69) is 9.82 Å². The Bertz CT molecular complexity index is 797. The first-order chi connectivity index (χ1) is 9.72. The molecule has 0 atom stereocenters. The fourth-order valence-corrected chi connectivity index (χ4v) is 3.57. The first-order valence-corrected chi connectivity index (χ1v) is 7.69. The van der Waals surface area contributed by atoms with Gasteiger partial charge in [0.1, 0.15) is 0 Å². The van der Waals surface area contributed by atoms with Gasteiger partial charge in [-0.1, -0.05) is 23.2 Å². The second-order valence-corrected chi connectivity index (χ2v) is 6.44. The molecule has 0 saturated carbocycles. The van der Waals surface area contributed by atoms with Crippen molar-refractivity contribution in [1.82, 2.24) is 9.78 Å². The lowest BCUT2D eigenvalue weighted by atomic mass is 10.2. The number of aryl methyl sites for hydroxylation is 1.